The molecule has 2 heterocycles. The van der Waals surface area contributed by atoms with Crippen molar-refractivity contribution in [3.05, 3.63) is 135 Å². The van der Waals surface area contributed by atoms with Crippen molar-refractivity contribution in [1.29, 1.82) is 0 Å². The Morgan fingerprint density at radius 2 is 1.05 bits per heavy atom. The minimum Gasteiger partial charge on any atom is -0.505 e. The van der Waals surface area contributed by atoms with Gasteiger partial charge >= 0.3 is 0 Å². The number of para-hydroxylation sites is 2. The van der Waals surface area contributed by atoms with Gasteiger partial charge in [0.15, 0.2) is 11.5 Å². The maximum atomic E-state index is 12.3. The molecule has 0 spiro atoms. The summed E-state index contributed by atoms with van der Waals surface area (Å²) < 4.78 is 11.5. The molecule has 0 fully saturated rings. The fourth-order valence-corrected chi connectivity index (χ4v) is 6.69. The van der Waals surface area contributed by atoms with Crippen LogP contribution >= 0.6 is 0 Å². The molecule has 16 nitrogen and oxygen atoms in total. The number of rotatable bonds is 15. The Balaban J connectivity index is 0.000000232. The SMILES string of the molecule is CC[C@@H](Nc1c(Nc2cccc(C(=O)N(C)C)c2O)c(=O)c1=O)c1cc(C(C)C)c(C)o1.CC[C@@H](Nc1c(Nc2cccc(C(=O)N(C)C)c2O)c(=O)c1=O)c1ccc(C)o1. The van der Waals surface area contributed by atoms with Gasteiger partial charge in [0.2, 0.25) is 0 Å². The lowest BCUT2D eigenvalue weighted by Crippen LogP contribution is -2.37. The lowest BCUT2D eigenvalue weighted by atomic mass is 10.0. The van der Waals surface area contributed by atoms with Crippen molar-refractivity contribution in [3.8, 4) is 11.5 Å². The Kier molecular flexibility index (Phi) is 13.6. The summed E-state index contributed by atoms with van der Waals surface area (Å²) in [6.07, 6.45) is 1.25. The molecule has 6 N–H and O–H groups in total. The number of phenols is 2. The molecule has 0 unspecified atom stereocenters. The highest BCUT2D eigenvalue weighted by molar-refractivity contribution is 6.00. The van der Waals surface area contributed by atoms with Crippen molar-refractivity contribution >= 4 is 45.9 Å². The molecule has 16 heteroatoms. The molecule has 0 saturated carbocycles. The van der Waals surface area contributed by atoms with Crippen LogP contribution < -0.4 is 43.0 Å². The number of aromatic hydroxyl groups is 2. The molecule has 0 saturated heterocycles. The van der Waals surface area contributed by atoms with Crippen LogP contribution in [0.4, 0.5) is 34.1 Å². The van der Waals surface area contributed by atoms with Crippen molar-refractivity contribution in [3.63, 3.8) is 0 Å². The Morgan fingerprint density at radius 3 is 1.41 bits per heavy atom. The maximum absolute atomic E-state index is 12.3. The van der Waals surface area contributed by atoms with E-state index in [1.165, 1.54) is 34.1 Å². The highest BCUT2D eigenvalue weighted by Gasteiger charge is 2.29. The van der Waals surface area contributed by atoms with Crippen molar-refractivity contribution in [1.82, 2.24) is 9.80 Å². The number of anilines is 6. The predicted molar refractivity (Wildman–Crippen MR) is 236 cm³/mol. The molecule has 2 aromatic heterocycles. The summed E-state index contributed by atoms with van der Waals surface area (Å²) in [5, 5.41) is 32.8. The quantitative estimate of drug-likeness (QED) is 0.0457. The number of carbonyl (C=O) groups is 2. The highest BCUT2D eigenvalue weighted by Crippen LogP contribution is 2.36. The molecule has 0 aliphatic rings. The summed E-state index contributed by atoms with van der Waals surface area (Å²) in [7, 11) is 6.29. The average molecular weight is 837 g/mol. The molecular formula is C45H52N6O10. The number of phenolic OH excluding ortho intramolecular Hbond substituents is 2. The molecule has 6 aromatic rings. The number of nitrogens with one attached hydrogen (secondary N) is 4. The number of aryl methyl sites for hydroxylation is 2. The summed E-state index contributed by atoms with van der Waals surface area (Å²) in [6, 6.07) is 14.2. The minimum absolute atomic E-state index is 0.0430. The number of hydrogen-bond acceptors (Lipinski definition) is 14. The zero-order valence-electron chi connectivity index (χ0n) is 35.9. The Labute approximate surface area is 352 Å². The highest BCUT2D eigenvalue weighted by atomic mass is 16.3. The third-order valence-electron chi connectivity index (χ3n) is 10.2. The molecule has 2 amide bonds. The van der Waals surface area contributed by atoms with Gasteiger partial charge in [-0.3, -0.25) is 28.8 Å². The lowest BCUT2D eigenvalue weighted by Gasteiger charge is -2.21. The van der Waals surface area contributed by atoms with Gasteiger partial charge in [-0.05, 0) is 80.6 Å². The lowest BCUT2D eigenvalue weighted by molar-refractivity contribution is 0.0817. The molecular weight excluding hydrogens is 785 g/mol. The Bertz CT molecular complexity index is 2710. The third kappa shape index (κ3) is 9.22. The normalized spacial score (nSPS) is 12.1. The van der Waals surface area contributed by atoms with Gasteiger partial charge in [0.25, 0.3) is 33.5 Å². The van der Waals surface area contributed by atoms with Gasteiger partial charge in [-0.25, -0.2) is 0 Å². The zero-order valence-corrected chi connectivity index (χ0v) is 35.9. The smallest absolute Gasteiger partial charge is 0.257 e. The van der Waals surface area contributed by atoms with E-state index in [0.717, 1.165) is 17.1 Å². The van der Waals surface area contributed by atoms with Crippen molar-refractivity contribution in [2.24, 2.45) is 0 Å². The second-order valence-electron chi connectivity index (χ2n) is 15.3. The van der Waals surface area contributed by atoms with E-state index in [-0.39, 0.29) is 80.6 Å². The Morgan fingerprint density at radius 1 is 0.623 bits per heavy atom. The first-order valence-electron chi connectivity index (χ1n) is 19.8. The number of furan rings is 2. The molecule has 0 aliphatic carbocycles. The van der Waals surface area contributed by atoms with E-state index < -0.39 is 21.7 Å². The van der Waals surface area contributed by atoms with E-state index >= 15 is 0 Å². The van der Waals surface area contributed by atoms with Crippen LogP contribution in [-0.2, 0) is 0 Å². The van der Waals surface area contributed by atoms with Crippen LogP contribution in [0, 0.1) is 13.8 Å². The first-order chi connectivity index (χ1) is 28.8. The van der Waals surface area contributed by atoms with Crippen LogP contribution in [0.15, 0.2) is 82.6 Å². The molecule has 61 heavy (non-hydrogen) atoms. The van der Waals surface area contributed by atoms with E-state index in [1.54, 1.807) is 40.3 Å². The van der Waals surface area contributed by atoms with Gasteiger partial charge in [0.05, 0.1) is 34.6 Å². The third-order valence-corrected chi connectivity index (χ3v) is 10.2. The van der Waals surface area contributed by atoms with E-state index in [9.17, 15) is 39.0 Å². The number of benzene rings is 2. The standard InChI is InChI=1S/C24H29N3O5.C21H23N3O5/c1-7-16(18-11-15(12(2)3)13(4)32-18)25-19-20(23(30)22(19)29)26-17-10-8-9-14(21(17)28)24(31)27(5)6;1-5-13(15-10-9-11(2)29-15)22-16-17(20(27)19(16)26)23-14-8-6-7-12(18(14)25)21(28)24(3)4/h8-12,16,25-26,28H,7H2,1-6H3;6-10,13,22-23,25H,5H2,1-4H3/t16-;13-/m11/s1. The van der Waals surface area contributed by atoms with Crippen LogP contribution in [0.3, 0.4) is 0 Å². The summed E-state index contributed by atoms with van der Waals surface area (Å²) in [6.45, 7) is 11.8. The fraction of sp³-hybridized carbons (Fsp3) is 0.333. The average Bonchev–Trinajstić information content (AvgIpc) is 3.85. The largest absolute Gasteiger partial charge is 0.505 e. The van der Waals surface area contributed by atoms with E-state index in [0.29, 0.717) is 30.3 Å². The topological polar surface area (TPSA) is 224 Å². The molecule has 322 valence electrons. The van der Waals surface area contributed by atoms with Crippen LogP contribution in [0.1, 0.15) is 108 Å². The predicted octanol–water partition coefficient (Wildman–Crippen LogP) is 6.92. The van der Waals surface area contributed by atoms with Gasteiger partial charge in [-0.15, -0.1) is 0 Å². The van der Waals surface area contributed by atoms with Gasteiger partial charge in [0.1, 0.15) is 45.8 Å². The molecule has 2 atom stereocenters. The first kappa shape index (κ1) is 45.0. The number of nitrogens with zero attached hydrogens (tertiary/aromatic N) is 2. The molecule has 4 aromatic carbocycles. The van der Waals surface area contributed by atoms with Crippen LogP contribution in [0.5, 0.6) is 11.5 Å². The van der Waals surface area contributed by atoms with Crippen LogP contribution in [0.2, 0.25) is 0 Å². The van der Waals surface area contributed by atoms with Gasteiger partial charge < -0.3 is 50.1 Å². The Hall–Kier alpha value is -7.10. The first-order valence-corrected chi connectivity index (χ1v) is 19.8. The molecule has 0 aliphatic heterocycles. The minimum atomic E-state index is -0.693. The van der Waals surface area contributed by atoms with E-state index in [4.69, 9.17) is 8.83 Å². The second-order valence-corrected chi connectivity index (χ2v) is 15.3. The van der Waals surface area contributed by atoms with E-state index in [1.807, 2.05) is 45.9 Å². The number of hydrogen-bond donors (Lipinski definition) is 6. The van der Waals surface area contributed by atoms with Gasteiger partial charge in [-0.2, -0.15) is 0 Å². The molecule has 0 radical (unpaired) electrons. The summed E-state index contributed by atoms with van der Waals surface area (Å²) in [5.41, 5.74) is -0.726. The molecule has 0 bridgehead atoms. The van der Waals surface area contributed by atoms with Gasteiger partial charge in [-0.1, -0.05) is 39.8 Å². The summed E-state index contributed by atoms with van der Waals surface area (Å²) >= 11 is 0. The summed E-state index contributed by atoms with van der Waals surface area (Å²) in [5.74, 6) is 1.87. The van der Waals surface area contributed by atoms with Crippen LogP contribution in [-0.4, -0.2) is 60.0 Å². The van der Waals surface area contributed by atoms with Crippen molar-refractivity contribution in [2.45, 2.75) is 72.4 Å². The van der Waals surface area contributed by atoms with Crippen molar-refractivity contribution in [2.75, 3.05) is 49.5 Å². The zero-order chi connectivity index (χ0) is 45.0. The number of carbonyl (C=O) groups excluding carboxylic acids is 2. The van der Waals surface area contributed by atoms with Crippen molar-refractivity contribution < 1.29 is 28.6 Å². The maximum Gasteiger partial charge on any atom is 0.257 e. The summed E-state index contributed by atoms with van der Waals surface area (Å²) in [4.78, 5) is 76.0. The van der Waals surface area contributed by atoms with E-state index in [2.05, 4.69) is 35.1 Å². The van der Waals surface area contributed by atoms with Crippen LogP contribution in [0.25, 0.3) is 0 Å². The fourth-order valence-electron chi connectivity index (χ4n) is 6.69. The monoisotopic (exact) mass is 836 g/mol. The molecule has 6 rings (SSSR count). The van der Waals surface area contributed by atoms with Gasteiger partial charge in [0, 0.05) is 28.2 Å². The number of amides is 2. The second kappa shape index (κ2) is 18.4.